The van der Waals surface area contributed by atoms with Gasteiger partial charge in [-0.25, -0.2) is 0 Å². The van der Waals surface area contributed by atoms with E-state index in [1.165, 1.54) is 0 Å². The first-order chi connectivity index (χ1) is 9.41. The van der Waals surface area contributed by atoms with Crippen molar-refractivity contribution in [2.24, 2.45) is 17.6 Å². The molecule has 6 heteroatoms. The molecule has 1 unspecified atom stereocenters. The van der Waals surface area contributed by atoms with E-state index in [1.54, 1.807) is 6.20 Å². The Morgan fingerprint density at radius 1 is 1.27 bits per heavy atom. The molecule has 0 aliphatic heterocycles. The van der Waals surface area contributed by atoms with Gasteiger partial charge in [0.2, 0.25) is 5.91 Å². The summed E-state index contributed by atoms with van der Waals surface area (Å²) >= 11 is 0. The molecule has 1 amide bonds. The van der Waals surface area contributed by atoms with Crippen molar-refractivity contribution in [3.05, 3.63) is 30.1 Å². The number of hydrogen-bond acceptors (Lipinski definition) is 3. The van der Waals surface area contributed by atoms with Crippen molar-refractivity contribution in [2.45, 2.75) is 46.1 Å². The predicted molar refractivity (Wildman–Crippen MR) is 96.8 cm³/mol. The zero-order chi connectivity index (χ0) is 15.1. The lowest BCUT2D eigenvalue weighted by atomic mass is 9.89. The number of nitrogens with zero attached hydrogens (tertiary/aromatic N) is 1. The lowest BCUT2D eigenvalue weighted by Gasteiger charge is -2.23. The van der Waals surface area contributed by atoms with E-state index >= 15 is 0 Å². The Morgan fingerprint density at radius 2 is 1.91 bits per heavy atom. The van der Waals surface area contributed by atoms with Crippen LogP contribution in [0.4, 0.5) is 0 Å². The molecule has 0 bridgehead atoms. The van der Waals surface area contributed by atoms with Crippen LogP contribution in [0, 0.1) is 11.8 Å². The summed E-state index contributed by atoms with van der Waals surface area (Å²) in [7, 11) is 0. The van der Waals surface area contributed by atoms with Crippen LogP contribution in [0.1, 0.15) is 45.6 Å². The van der Waals surface area contributed by atoms with E-state index in [1.807, 2.05) is 12.3 Å². The van der Waals surface area contributed by atoms with E-state index in [4.69, 9.17) is 5.73 Å². The second-order valence-corrected chi connectivity index (χ2v) is 6.12. The molecule has 0 aliphatic rings. The fourth-order valence-corrected chi connectivity index (χ4v) is 2.29. The molecule has 0 aromatic carbocycles. The highest BCUT2D eigenvalue weighted by Crippen LogP contribution is 2.22. The molecule has 0 saturated carbocycles. The quantitative estimate of drug-likeness (QED) is 0.794. The zero-order valence-electron chi connectivity index (χ0n) is 13.8. The summed E-state index contributed by atoms with van der Waals surface area (Å²) in [5, 5.41) is 2.98. The normalized spacial score (nSPS) is 13.0. The van der Waals surface area contributed by atoms with Crippen LogP contribution in [0.25, 0.3) is 0 Å². The van der Waals surface area contributed by atoms with Crippen molar-refractivity contribution in [1.82, 2.24) is 10.3 Å². The molecular weight excluding hydrogens is 321 g/mol. The summed E-state index contributed by atoms with van der Waals surface area (Å²) in [5.74, 6) is 1.06. The maximum Gasteiger partial charge on any atom is 0.236 e. The number of rotatable bonds is 7. The number of carbonyl (C=O) groups is 1. The number of aromatic nitrogens is 1. The molecule has 0 spiro atoms. The minimum Gasteiger partial charge on any atom is -0.354 e. The third-order valence-corrected chi connectivity index (χ3v) is 3.48. The van der Waals surface area contributed by atoms with Crippen molar-refractivity contribution in [3.8, 4) is 0 Å². The zero-order valence-corrected chi connectivity index (χ0v) is 15.4. The molecule has 22 heavy (non-hydrogen) atoms. The van der Waals surface area contributed by atoms with Crippen molar-refractivity contribution < 1.29 is 4.79 Å². The molecule has 128 valence electrons. The number of halogens is 2. The molecule has 4 nitrogen and oxygen atoms in total. The average Bonchev–Trinajstić information content (AvgIpc) is 2.38. The van der Waals surface area contributed by atoms with E-state index in [2.05, 4.69) is 44.1 Å². The van der Waals surface area contributed by atoms with Crippen molar-refractivity contribution in [2.75, 3.05) is 6.54 Å². The number of nitrogens with one attached hydrogen (secondary N) is 1. The fraction of sp³-hybridized carbons (Fsp3) is 0.625. The van der Waals surface area contributed by atoms with E-state index in [0.717, 1.165) is 5.56 Å². The SMILES string of the molecule is CC(C)C[C@H](N)C(=O)NCC(c1cccnc1)C(C)C.Cl.Cl. The Morgan fingerprint density at radius 3 is 2.36 bits per heavy atom. The Kier molecular flexibility index (Phi) is 12.4. The monoisotopic (exact) mass is 349 g/mol. The Balaban J connectivity index is 0. The summed E-state index contributed by atoms with van der Waals surface area (Å²) in [6, 6.07) is 3.56. The largest absolute Gasteiger partial charge is 0.354 e. The van der Waals surface area contributed by atoms with Crippen LogP contribution in [0.2, 0.25) is 0 Å². The minimum atomic E-state index is -0.420. The topological polar surface area (TPSA) is 68.0 Å². The number of amides is 1. The van der Waals surface area contributed by atoms with Gasteiger partial charge in [0, 0.05) is 24.9 Å². The number of carbonyl (C=O) groups excluding carboxylic acids is 1. The molecule has 1 aromatic heterocycles. The lowest BCUT2D eigenvalue weighted by Crippen LogP contribution is -2.43. The van der Waals surface area contributed by atoms with Gasteiger partial charge in [0.25, 0.3) is 0 Å². The molecule has 1 heterocycles. The Labute approximate surface area is 146 Å². The van der Waals surface area contributed by atoms with Crippen LogP contribution in [0.5, 0.6) is 0 Å². The third-order valence-electron chi connectivity index (χ3n) is 3.48. The Hall–Kier alpha value is -0.840. The highest BCUT2D eigenvalue weighted by atomic mass is 35.5. The van der Waals surface area contributed by atoms with E-state index in [-0.39, 0.29) is 36.6 Å². The molecule has 0 radical (unpaired) electrons. The van der Waals surface area contributed by atoms with Gasteiger partial charge < -0.3 is 11.1 Å². The highest BCUT2D eigenvalue weighted by molar-refractivity contribution is 5.85. The first-order valence-electron chi connectivity index (χ1n) is 7.35. The molecular formula is C16H29Cl2N3O. The van der Waals surface area contributed by atoms with Gasteiger partial charge in [0.15, 0.2) is 0 Å². The van der Waals surface area contributed by atoms with Gasteiger partial charge in [-0.1, -0.05) is 33.8 Å². The van der Waals surface area contributed by atoms with Crippen molar-refractivity contribution in [1.29, 1.82) is 0 Å². The first kappa shape index (κ1) is 23.4. The van der Waals surface area contributed by atoms with Gasteiger partial charge in [-0.05, 0) is 29.9 Å². The molecule has 2 atom stereocenters. The summed E-state index contributed by atoms with van der Waals surface area (Å²) in [4.78, 5) is 16.1. The van der Waals surface area contributed by atoms with Gasteiger partial charge in [-0.3, -0.25) is 9.78 Å². The third kappa shape index (κ3) is 7.97. The Bertz CT molecular complexity index is 413. The van der Waals surface area contributed by atoms with Crippen molar-refractivity contribution >= 4 is 30.7 Å². The summed E-state index contributed by atoms with van der Waals surface area (Å²) in [6.45, 7) is 9.04. The van der Waals surface area contributed by atoms with Crippen LogP contribution in [0.15, 0.2) is 24.5 Å². The lowest BCUT2D eigenvalue weighted by molar-refractivity contribution is -0.122. The molecule has 0 fully saturated rings. The van der Waals surface area contributed by atoms with Gasteiger partial charge in [-0.15, -0.1) is 24.8 Å². The van der Waals surface area contributed by atoms with Crippen molar-refractivity contribution in [3.63, 3.8) is 0 Å². The summed E-state index contributed by atoms with van der Waals surface area (Å²) in [5.41, 5.74) is 7.05. The second-order valence-electron chi connectivity index (χ2n) is 6.12. The van der Waals surface area contributed by atoms with Crippen LogP contribution in [0.3, 0.4) is 0 Å². The average molecular weight is 350 g/mol. The van der Waals surface area contributed by atoms with E-state index in [0.29, 0.717) is 24.8 Å². The molecule has 0 saturated heterocycles. The van der Waals surface area contributed by atoms with Crippen LogP contribution in [-0.4, -0.2) is 23.5 Å². The van der Waals surface area contributed by atoms with Gasteiger partial charge >= 0.3 is 0 Å². The second kappa shape index (κ2) is 11.7. The predicted octanol–water partition coefficient (Wildman–Crippen LogP) is 3.15. The maximum absolute atomic E-state index is 12.0. The summed E-state index contributed by atoms with van der Waals surface area (Å²) in [6.07, 6.45) is 4.34. The maximum atomic E-state index is 12.0. The molecule has 0 aliphatic carbocycles. The van der Waals surface area contributed by atoms with Crippen LogP contribution in [-0.2, 0) is 4.79 Å². The smallest absolute Gasteiger partial charge is 0.236 e. The van der Waals surface area contributed by atoms with E-state index < -0.39 is 6.04 Å². The highest BCUT2D eigenvalue weighted by Gasteiger charge is 2.20. The number of hydrogen-bond donors (Lipinski definition) is 2. The number of pyridine rings is 1. The summed E-state index contributed by atoms with van der Waals surface area (Å²) < 4.78 is 0. The van der Waals surface area contributed by atoms with Gasteiger partial charge in [-0.2, -0.15) is 0 Å². The standard InChI is InChI=1S/C16H27N3O.2ClH/c1-11(2)8-15(17)16(20)19-10-14(12(3)4)13-6-5-7-18-9-13;;/h5-7,9,11-12,14-15H,8,10,17H2,1-4H3,(H,19,20);2*1H/t14?,15-;;/m0../s1. The van der Waals surface area contributed by atoms with Gasteiger partial charge in [0.1, 0.15) is 0 Å². The van der Waals surface area contributed by atoms with Crippen LogP contribution < -0.4 is 11.1 Å². The van der Waals surface area contributed by atoms with Crippen LogP contribution >= 0.6 is 24.8 Å². The molecule has 1 rings (SSSR count). The first-order valence-corrected chi connectivity index (χ1v) is 7.35. The minimum absolute atomic E-state index is 0. The van der Waals surface area contributed by atoms with E-state index in [9.17, 15) is 4.79 Å². The van der Waals surface area contributed by atoms with Gasteiger partial charge in [0.05, 0.1) is 6.04 Å². The number of nitrogens with two attached hydrogens (primary N) is 1. The fourth-order valence-electron chi connectivity index (χ4n) is 2.29. The molecule has 3 N–H and O–H groups in total. The molecule has 1 aromatic rings.